The lowest BCUT2D eigenvalue weighted by atomic mass is 10.1. The Kier molecular flexibility index (Phi) is 4.25. The quantitative estimate of drug-likeness (QED) is 0.861. The number of halogens is 1. The predicted octanol–water partition coefficient (Wildman–Crippen LogP) is 2.64. The minimum absolute atomic E-state index is 0.00168. The van der Waals surface area contributed by atoms with Gasteiger partial charge in [0.1, 0.15) is 0 Å². The molecule has 3 N–H and O–H groups in total. The number of nitrogens with two attached hydrogens (primary N) is 1. The molecule has 0 aliphatic heterocycles. The maximum Gasteiger partial charge on any atom is 0.222 e. The number of nitrogens with one attached hydrogen (secondary N) is 1. The Bertz CT molecular complexity index is 432. The standard InChI is InChI=1S/C14H19ClN2O/c1-9(11-4-2-3-5-12(11)15)17-14(18)8-13(16)10-6-7-10/h2-5,9-10,13H,6-8,16H2,1H3,(H,17,18)/t9-,13?/m1/s1. The highest BCUT2D eigenvalue weighted by Crippen LogP contribution is 2.32. The molecule has 1 aromatic rings. The molecule has 1 fully saturated rings. The van der Waals surface area contributed by atoms with Gasteiger partial charge in [-0.1, -0.05) is 29.8 Å². The van der Waals surface area contributed by atoms with Crippen LogP contribution in [0.5, 0.6) is 0 Å². The van der Waals surface area contributed by atoms with Crippen molar-refractivity contribution in [2.45, 2.75) is 38.3 Å². The topological polar surface area (TPSA) is 55.1 Å². The van der Waals surface area contributed by atoms with Crippen molar-refractivity contribution >= 4 is 17.5 Å². The SMILES string of the molecule is C[C@@H](NC(=O)CC(N)C1CC1)c1ccccc1Cl. The molecule has 1 aliphatic rings. The summed E-state index contributed by atoms with van der Waals surface area (Å²) in [4.78, 5) is 11.8. The zero-order valence-corrected chi connectivity index (χ0v) is 11.3. The van der Waals surface area contributed by atoms with Crippen LogP contribution in [0.3, 0.4) is 0 Å². The van der Waals surface area contributed by atoms with Crippen LogP contribution in [0.2, 0.25) is 5.02 Å². The molecule has 4 heteroatoms. The molecule has 2 rings (SSSR count). The molecule has 1 aromatic carbocycles. The van der Waals surface area contributed by atoms with Crippen LogP contribution in [-0.2, 0) is 4.79 Å². The zero-order chi connectivity index (χ0) is 13.1. The molecule has 18 heavy (non-hydrogen) atoms. The Morgan fingerprint density at radius 1 is 1.50 bits per heavy atom. The second-order valence-corrected chi connectivity index (χ2v) is 5.42. The Labute approximate surface area is 113 Å². The smallest absolute Gasteiger partial charge is 0.222 e. The van der Waals surface area contributed by atoms with E-state index in [4.69, 9.17) is 17.3 Å². The molecule has 1 saturated carbocycles. The molecule has 1 unspecified atom stereocenters. The summed E-state index contributed by atoms with van der Waals surface area (Å²) in [5.41, 5.74) is 6.87. The van der Waals surface area contributed by atoms with Gasteiger partial charge in [-0.3, -0.25) is 4.79 Å². The lowest BCUT2D eigenvalue weighted by molar-refractivity contribution is -0.122. The van der Waals surface area contributed by atoms with Gasteiger partial charge in [0.2, 0.25) is 5.91 Å². The summed E-state index contributed by atoms with van der Waals surface area (Å²) < 4.78 is 0. The molecule has 98 valence electrons. The van der Waals surface area contributed by atoms with E-state index in [1.807, 2.05) is 31.2 Å². The number of hydrogen-bond donors (Lipinski definition) is 2. The average Bonchev–Trinajstić information content (AvgIpc) is 3.12. The van der Waals surface area contributed by atoms with E-state index >= 15 is 0 Å². The number of hydrogen-bond acceptors (Lipinski definition) is 2. The van der Waals surface area contributed by atoms with E-state index in [1.165, 1.54) is 0 Å². The van der Waals surface area contributed by atoms with Crippen LogP contribution in [0.15, 0.2) is 24.3 Å². The summed E-state index contributed by atoms with van der Waals surface area (Å²) >= 11 is 6.09. The van der Waals surface area contributed by atoms with E-state index in [2.05, 4.69) is 5.32 Å². The third kappa shape index (κ3) is 3.47. The fourth-order valence-corrected chi connectivity index (χ4v) is 2.41. The van der Waals surface area contributed by atoms with Gasteiger partial charge >= 0.3 is 0 Å². The van der Waals surface area contributed by atoms with Crippen LogP contribution < -0.4 is 11.1 Å². The lowest BCUT2D eigenvalue weighted by Crippen LogP contribution is -2.34. The second-order valence-electron chi connectivity index (χ2n) is 5.02. The summed E-state index contributed by atoms with van der Waals surface area (Å²) in [5.74, 6) is 0.549. The van der Waals surface area contributed by atoms with Crippen LogP contribution >= 0.6 is 11.6 Å². The lowest BCUT2D eigenvalue weighted by Gasteiger charge is -2.17. The molecule has 0 spiro atoms. The molecule has 0 bridgehead atoms. The van der Waals surface area contributed by atoms with E-state index in [0.29, 0.717) is 17.4 Å². The highest BCUT2D eigenvalue weighted by Gasteiger charge is 2.30. The summed E-state index contributed by atoms with van der Waals surface area (Å²) in [6.07, 6.45) is 2.72. The van der Waals surface area contributed by atoms with Crippen molar-refractivity contribution in [3.8, 4) is 0 Å². The zero-order valence-electron chi connectivity index (χ0n) is 10.5. The molecule has 0 radical (unpaired) electrons. The van der Waals surface area contributed by atoms with Crippen LogP contribution in [0.1, 0.15) is 37.8 Å². The van der Waals surface area contributed by atoms with E-state index in [-0.39, 0.29) is 18.0 Å². The highest BCUT2D eigenvalue weighted by atomic mass is 35.5. The van der Waals surface area contributed by atoms with Crippen molar-refractivity contribution in [1.82, 2.24) is 5.32 Å². The van der Waals surface area contributed by atoms with Crippen molar-refractivity contribution in [3.63, 3.8) is 0 Å². The van der Waals surface area contributed by atoms with Crippen molar-refractivity contribution in [3.05, 3.63) is 34.9 Å². The largest absolute Gasteiger partial charge is 0.349 e. The van der Waals surface area contributed by atoms with Gasteiger partial charge in [0.25, 0.3) is 0 Å². The van der Waals surface area contributed by atoms with E-state index in [1.54, 1.807) is 0 Å². The van der Waals surface area contributed by atoms with Crippen LogP contribution in [0.4, 0.5) is 0 Å². The van der Waals surface area contributed by atoms with Gasteiger partial charge in [-0.05, 0) is 37.3 Å². The van der Waals surface area contributed by atoms with E-state index < -0.39 is 0 Å². The summed E-state index contributed by atoms with van der Waals surface area (Å²) in [6, 6.07) is 7.47. The Balaban J connectivity index is 1.88. The first-order valence-corrected chi connectivity index (χ1v) is 6.75. The fourth-order valence-electron chi connectivity index (χ4n) is 2.11. The normalized spacial score (nSPS) is 18.2. The third-order valence-corrected chi connectivity index (χ3v) is 3.74. The van der Waals surface area contributed by atoms with Gasteiger partial charge in [-0.15, -0.1) is 0 Å². The maximum atomic E-state index is 11.8. The first-order chi connectivity index (χ1) is 8.58. The monoisotopic (exact) mass is 266 g/mol. The fraction of sp³-hybridized carbons (Fsp3) is 0.500. The van der Waals surface area contributed by atoms with E-state index in [9.17, 15) is 4.79 Å². The first-order valence-electron chi connectivity index (χ1n) is 6.37. The van der Waals surface area contributed by atoms with Gasteiger partial charge in [-0.25, -0.2) is 0 Å². The predicted molar refractivity (Wildman–Crippen MR) is 73.3 cm³/mol. The summed E-state index contributed by atoms with van der Waals surface area (Å²) in [5, 5.41) is 3.62. The average molecular weight is 267 g/mol. The Hall–Kier alpha value is -1.06. The van der Waals surface area contributed by atoms with Crippen molar-refractivity contribution in [1.29, 1.82) is 0 Å². The number of carbonyl (C=O) groups excluding carboxylic acids is 1. The van der Waals surface area contributed by atoms with Crippen molar-refractivity contribution in [2.24, 2.45) is 11.7 Å². The Morgan fingerprint density at radius 2 is 2.17 bits per heavy atom. The Morgan fingerprint density at radius 3 is 2.78 bits per heavy atom. The van der Waals surface area contributed by atoms with E-state index in [0.717, 1.165) is 18.4 Å². The number of amides is 1. The van der Waals surface area contributed by atoms with Gasteiger partial charge in [0, 0.05) is 17.5 Å². The minimum Gasteiger partial charge on any atom is -0.349 e. The van der Waals surface area contributed by atoms with Crippen LogP contribution in [0, 0.1) is 5.92 Å². The maximum absolute atomic E-state index is 11.8. The summed E-state index contributed by atoms with van der Waals surface area (Å²) in [7, 11) is 0. The molecule has 0 heterocycles. The molecule has 0 saturated heterocycles. The molecule has 1 aliphatic carbocycles. The number of rotatable bonds is 5. The summed E-state index contributed by atoms with van der Waals surface area (Å²) in [6.45, 7) is 1.93. The first kappa shape index (κ1) is 13.4. The van der Waals surface area contributed by atoms with Gasteiger partial charge < -0.3 is 11.1 Å². The molecule has 1 amide bonds. The van der Waals surface area contributed by atoms with Crippen LogP contribution in [-0.4, -0.2) is 11.9 Å². The number of benzene rings is 1. The van der Waals surface area contributed by atoms with Gasteiger partial charge in [-0.2, -0.15) is 0 Å². The number of carbonyl (C=O) groups is 1. The van der Waals surface area contributed by atoms with Crippen LogP contribution in [0.25, 0.3) is 0 Å². The third-order valence-electron chi connectivity index (χ3n) is 3.40. The minimum atomic E-state index is -0.0856. The van der Waals surface area contributed by atoms with Gasteiger partial charge in [0.05, 0.1) is 6.04 Å². The second kappa shape index (κ2) is 5.72. The molecule has 3 nitrogen and oxygen atoms in total. The molecular weight excluding hydrogens is 248 g/mol. The van der Waals surface area contributed by atoms with Crippen molar-refractivity contribution in [2.75, 3.05) is 0 Å². The van der Waals surface area contributed by atoms with Crippen molar-refractivity contribution < 1.29 is 4.79 Å². The molecule has 2 atom stereocenters. The highest BCUT2D eigenvalue weighted by molar-refractivity contribution is 6.31. The van der Waals surface area contributed by atoms with Gasteiger partial charge in [0.15, 0.2) is 0 Å². The molecule has 0 aromatic heterocycles. The molecular formula is C14H19ClN2O.